The summed E-state index contributed by atoms with van der Waals surface area (Å²) >= 11 is 0. The van der Waals surface area contributed by atoms with Crippen LogP contribution in [0.3, 0.4) is 0 Å². The van der Waals surface area contributed by atoms with Crippen LogP contribution in [-0.2, 0) is 0 Å². The van der Waals surface area contributed by atoms with Gasteiger partial charge >= 0.3 is 0 Å². The molecular weight excluding hydrogens is 252 g/mol. The van der Waals surface area contributed by atoms with E-state index in [4.69, 9.17) is 4.42 Å². The zero-order chi connectivity index (χ0) is 14.3. The van der Waals surface area contributed by atoms with Crippen LogP contribution in [0.2, 0.25) is 0 Å². The second kappa shape index (κ2) is 4.24. The first-order valence-electron chi connectivity index (χ1n) is 5.36. The maximum absolute atomic E-state index is 12.0. The van der Waals surface area contributed by atoms with Gasteiger partial charge < -0.3 is 14.6 Å². The van der Waals surface area contributed by atoms with Gasteiger partial charge in [0.25, 0.3) is 0 Å². The summed E-state index contributed by atoms with van der Waals surface area (Å²) < 4.78 is 5.20. The largest absolute Gasteiger partial charge is 0.506 e. The van der Waals surface area contributed by atoms with Crippen LogP contribution in [0, 0.1) is 13.8 Å². The second-order valence-corrected chi connectivity index (χ2v) is 4.08. The number of aryl methyl sites for hydroxylation is 2. The van der Waals surface area contributed by atoms with E-state index in [1.54, 1.807) is 0 Å². The minimum Gasteiger partial charge on any atom is -0.506 e. The number of aldehydes is 2. The van der Waals surface area contributed by atoms with Crippen molar-refractivity contribution >= 4 is 23.5 Å². The van der Waals surface area contributed by atoms with Gasteiger partial charge in [0, 0.05) is 0 Å². The number of benzene rings is 1. The van der Waals surface area contributed by atoms with E-state index in [9.17, 15) is 24.6 Å². The third-order valence-corrected chi connectivity index (χ3v) is 3.03. The average molecular weight is 262 g/mol. The Bertz CT molecular complexity index is 769. The number of carbonyl (C=O) groups is 2. The van der Waals surface area contributed by atoms with E-state index in [-0.39, 0.29) is 33.4 Å². The molecule has 6 nitrogen and oxygen atoms in total. The van der Waals surface area contributed by atoms with Gasteiger partial charge in [0.05, 0.1) is 10.9 Å². The second-order valence-electron chi connectivity index (χ2n) is 4.08. The van der Waals surface area contributed by atoms with Crippen molar-refractivity contribution in [1.82, 2.24) is 0 Å². The number of hydrogen-bond donors (Lipinski definition) is 2. The zero-order valence-corrected chi connectivity index (χ0v) is 10.2. The molecule has 1 heterocycles. The molecular formula is C13H10O6. The maximum atomic E-state index is 12.0. The highest BCUT2D eigenvalue weighted by atomic mass is 16.4. The van der Waals surface area contributed by atoms with Crippen molar-refractivity contribution in [3.8, 4) is 11.5 Å². The topological polar surface area (TPSA) is 105 Å². The fourth-order valence-corrected chi connectivity index (χ4v) is 1.98. The molecule has 0 atom stereocenters. The summed E-state index contributed by atoms with van der Waals surface area (Å²) in [6.45, 7) is 2.77. The molecule has 2 aromatic rings. The monoisotopic (exact) mass is 262 g/mol. The van der Waals surface area contributed by atoms with E-state index in [1.165, 1.54) is 13.8 Å². The zero-order valence-electron chi connectivity index (χ0n) is 10.2. The Morgan fingerprint density at radius 3 is 2.11 bits per heavy atom. The van der Waals surface area contributed by atoms with Crippen molar-refractivity contribution in [3.05, 3.63) is 32.7 Å². The molecule has 0 spiro atoms. The molecule has 1 aromatic carbocycles. The Morgan fingerprint density at radius 1 is 1.00 bits per heavy atom. The van der Waals surface area contributed by atoms with Crippen LogP contribution in [-0.4, -0.2) is 22.8 Å². The quantitative estimate of drug-likeness (QED) is 0.793. The number of hydrogen-bond acceptors (Lipinski definition) is 6. The SMILES string of the molecule is Cc1oc2c(C=O)c(O)c(C=O)c(C)c2c(=O)c1O. The molecule has 0 radical (unpaired) electrons. The van der Waals surface area contributed by atoms with Crippen LogP contribution in [0.25, 0.3) is 11.0 Å². The van der Waals surface area contributed by atoms with Gasteiger partial charge in [-0.05, 0) is 19.4 Å². The lowest BCUT2D eigenvalue weighted by Gasteiger charge is -2.10. The number of rotatable bonds is 2. The predicted molar refractivity (Wildman–Crippen MR) is 66.1 cm³/mol. The summed E-state index contributed by atoms with van der Waals surface area (Å²) in [5.74, 6) is -1.20. The molecule has 19 heavy (non-hydrogen) atoms. The number of phenols is 1. The van der Waals surface area contributed by atoms with Gasteiger partial charge in [0.15, 0.2) is 18.2 Å². The molecule has 0 unspecified atom stereocenters. The summed E-state index contributed by atoms with van der Waals surface area (Å²) in [4.78, 5) is 34.0. The summed E-state index contributed by atoms with van der Waals surface area (Å²) in [7, 11) is 0. The molecule has 2 rings (SSSR count). The van der Waals surface area contributed by atoms with Crippen LogP contribution in [0.15, 0.2) is 9.21 Å². The molecule has 0 saturated carbocycles. The molecule has 6 heteroatoms. The Kier molecular flexibility index (Phi) is 2.86. The summed E-state index contributed by atoms with van der Waals surface area (Å²) in [5.41, 5.74) is -1.21. The molecule has 2 N–H and O–H groups in total. The lowest BCUT2D eigenvalue weighted by molar-refractivity contribution is 0.112. The van der Waals surface area contributed by atoms with Gasteiger partial charge in [0.1, 0.15) is 17.1 Å². The minimum atomic E-state index is -0.748. The fourth-order valence-electron chi connectivity index (χ4n) is 1.98. The van der Waals surface area contributed by atoms with Crippen molar-refractivity contribution in [1.29, 1.82) is 0 Å². The maximum Gasteiger partial charge on any atom is 0.234 e. The van der Waals surface area contributed by atoms with Gasteiger partial charge in [-0.15, -0.1) is 0 Å². The number of aromatic hydroxyl groups is 2. The summed E-state index contributed by atoms with van der Waals surface area (Å²) in [6.07, 6.45) is 0.636. The van der Waals surface area contributed by atoms with Crippen LogP contribution in [0.1, 0.15) is 32.0 Å². The van der Waals surface area contributed by atoms with Gasteiger partial charge in [-0.3, -0.25) is 14.4 Å². The van der Waals surface area contributed by atoms with Crippen molar-refractivity contribution in [2.24, 2.45) is 0 Å². The smallest absolute Gasteiger partial charge is 0.234 e. The van der Waals surface area contributed by atoms with E-state index < -0.39 is 16.9 Å². The van der Waals surface area contributed by atoms with Gasteiger partial charge in [0.2, 0.25) is 11.2 Å². The normalized spacial score (nSPS) is 10.6. The Labute approximate surface area is 106 Å². The van der Waals surface area contributed by atoms with Crippen molar-refractivity contribution in [2.45, 2.75) is 13.8 Å². The summed E-state index contributed by atoms with van der Waals surface area (Å²) in [6, 6.07) is 0. The highest BCUT2D eigenvalue weighted by Crippen LogP contribution is 2.33. The molecule has 0 amide bonds. The number of fused-ring (bicyclic) bond motifs is 1. The van der Waals surface area contributed by atoms with Crippen molar-refractivity contribution in [2.75, 3.05) is 0 Å². The Morgan fingerprint density at radius 2 is 1.58 bits per heavy atom. The molecule has 0 aliphatic rings. The molecule has 1 aromatic heterocycles. The third-order valence-electron chi connectivity index (χ3n) is 3.03. The Hall–Kier alpha value is -2.63. The summed E-state index contributed by atoms with van der Waals surface area (Å²) in [5, 5.41) is 19.3. The molecule has 0 aliphatic heterocycles. The lowest BCUT2D eigenvalue weighted by atomic mass is 9.98. The van der Waals surface area contributed by atoms with Crippen LogP contribution < -0.4 is 5.43 Å². The molecule has 0 aliphatic carbocycles. The standard InChI is InChI=1S/C13H10O6/c1-5-7(3-14)11(17)8(4-15)13-9(5)12(18)10(16)6(2)19-13/h3-4,16-17H,1-2H3. The number of phenolic OH excluding ortho intramolecular Hbond substituents is 1. The van der Waals surface area contributed by atoms with Gasteiger partial charge in [-0.1, -0.05) is 0 Å². The average Bonchev–Trinajstić information content (AvgIpc) is 2.37. The van der Waals surface area contributed by atoms with Gasteiger partial charge in [-0.25, -0.2) is 0 Å². The Balaban J connectivity index is 3.23. The van der Waals surface area contributed by atoms with E-state index in [2.05, 4.69) is 0 Å². The highest BCUT2D eigenvalue weighted by Gasteiger charge is 2.22. The highest BCUT2D eigenvalue weighted by molar-refractivity contribution is 6.04. The first kappa shape index (κ1) is 12.8. The van der Waals surface area contributed by atoms with E-state index in [0.29, 0.717) is 12.6 Å². The number of carbonyl (C=O) groups excluding carboxylic acids is 2. The predicted octanol–water partition coefficient (Wildman–Crippen LogP) is 1.45. The lowest BCUT2D eigenvalue weighted by Crippen LogP contribution is -2.08. The van der Waals surface area contributed by atoms with Crippen molar-refractivity contribution in [3.63, 3.8) is 0 Å². The minimum absolute atomic E-state index is 0.0711. The van der Waals surface area contributed by atoms with E-state index in [1.807, 2.05) is 0 Å². The molecule has 0 bridgehead atoms. The van der Waals surface area contributed by atoms with E-state index in [0.717, 1.165) is 0 Å². The molecule has 98 valence electrons. The van der Waals surface area contributed by atoms with Crippen LogP contribution >= 0.6 is 0 Å². The molecule has 0 saturated heterocycles. The third kappa shape index (κ3) is 1.61. The van der Waals surface area contributed by atoms with Crippen LogP contribution in [0.4, 0.5) is 0 Å². The first-order chi connectivity index (χ1) is 8.93. The first-order valence-corrected chi connectivity index (χ1v) is 5.36. The van der Waals surface area contributed by atoms with Crippen molar-refractivity contribution < 1.29 is 24.2 Å². The fraction of sp³-hybridized carbons (Fsp3) is 0.154. The van der Waals surface area contributed by atoms with Gasteiger partial charge in [-0.2, -0.15) is 0 Å². The molecule has 0 fully saturated rings. The van der Waals surface area contributed by atoms with Crippen LogP contribution in [0.5, 0.6) is 11.5 Å². The van der Waals surface area contributed by atoms with E-state index >= 15 is 0 Å².